The molecule has 0 saturated heterocycles. The summed E-state index contributed by atoms with van der Waals surface area (Å²) in [6, 6.07) is 0. The summed E-state index contributed by atoms with van der Waals surface area (Å²) in [4.78, 5) is 9.21. The van der Waals surface area contributed by atoms with Gasteiger partial charge in [0.05, 0.1) is 17.0 Å². The van der Waals surface area contributed by atoms with Crippen molar-refractivity contribution >= 4 is 5.82 Å². The lowest BCUT2D eigenvalue weighted by molar-refractivity contribution is 0.0944. The Bertz CT molecular complexity index is 420. The number of nitrogens with one attached hydrogen (secondary N) is 1. The van der Waals surface area contributed by atoms with E-state index in [1.807, 2.05) is 6.20 Å². The monoisotopic (exact) mass is 249 g/mol. The highest BCUT2D eigenvalue weighted by molar-refractivity contribution is 5.43. The predicted octanol–water partition coefficient (Wildman–Crippen LogP) is 2.66. The van der Waals surface area contributed by atoms with Crippen molar-refractivity contribution in [2.24, 2.45) is 0 Å². The van der Waals surface area contributed by atoms with Crippen LogP contribution in [-0.2, 0) is 0 Å². The summed E-state index contributed by atoms with van der Waals surface area (Å²) in [5, 5.41) is 13.0. The molecule has 1 aliphatic rings. The first-order valence-electron chi connectivity index (χ1n) is 6.70. The van der Waals surface area contributed by atoms with Crippen LogP contribution in [0.5, 0.6) is 0 Å². The van der Waals surface area contributed by atoms with Crippen LogP contribution in [0.4, 0.5) is 5.82 Å². The van der Waals surface area contributed by atoms with Crippen molar-refractivity contribution in [3.63, 3.8) is 0 Å². The molecule has 0 bridgehead atoms. The first kappa shape index (κ1) is 13.3. The standard InChI is InChI=1S/C14H23N3O/c1-9(2)12-13(16-8-14(3,4)18)17-11(7-15-12)10-5-6-10/h7,9-10,18H,5-6,8H2,1-4H3,(H,16,17). The molecule has 100 valence electrons. The van der Waals surface area contributed by atoms with Crippen LogP contribution in [0.1, 0.15) is 63.8 Å². The summed E-state index contributed by atoms with van der Waals surface area (Å²) in [5.41, 5.74) is 1.31. The fourth-order valence-corrected chi connectivity index (χ4v) is 1.84. The second-order valence-corrected chi connectivity index (χ2v) is 6.12. The first-order valence-corrected chi connectivity index (χ1v) is 6.70. The van der Waals surface area contributed by atoms with Gasteiger partial charge < -0.3 is 10.4 Å². The molecule has 0 amide bonds. The Labute approximate surface area is 109 Å². The van der Waals surface area contributed by atoms with Crippen LogP contribution >= 0.6 is 0 Å². The van der Waals surface area contributed by atoms with Gasteiger partial charge in [-0.1, -0.05) is 13.8 Å². The Hall–Kier alpha value is -1.16. The van der Waals surface area contributed by atoms with Crippen LogP contribution in [0.15, 0.2) is 6.20 Å². The minimum absolute atomic E-state index is 0.329. The van der Waals surface area contributed by atoms with Crippen molar-refractivity contribution in [2.75, 3.05) is 11.9 Å². The van der Waals surface area contributed by atoms with E-state index >= 15 is 0 Å². The fourth-order valence-electron chi connectivity index (χ4n) is 1.84. The van der Waals surface area contributed by atoms with E-state index in [9.17, 15) is 5.11 Å². The van der Waals surface area contributed by atoms with Crippen molar-refractivity contribution in [1.82, 2.24) is 9.97 Å². The van der Waals surface area contributed by atoms with Gasteiger partial charge in [0.1, 0.15) is 5.82 Å². The molecule has 1 saturated carbocycles. The molecule has 1 aromatic heterocycles. The molecule has 0 spiro atoms. The topological polar surface area (TPSA) is 58.0 Å². The lowest BCUT2D eigenvalue weighted by Gasteiger charge is -2.20. The van der Waals surface area contributed by atoms with E-state index in [2.05, 4.69) is 29.1 Å². The van der Waals surface area contributed by atoms with E-state index in [1.165, 1.54) is 12.8 Å². The Balaban J connectivity index is 2.20. The molecule has 18 heavy (non-hydrogen) atoms. The second kappa shape index (κ2) is 4.84. The van der Waals surface area contributed by atoms with Crippen molar-refractivity contribution in [3.05, 3.63) is 17.6 Å². The van der Waals surface area contributed by atoms with Gasteiger partial charge in [0.25, 0.3) is 0 Å². The SMILES string of the molecule is CC(C)c1ncc(C2CC2)nc1NCC(C)(C)O. The van der Waals surface area contributed by atoms with E-state index in [0.29, 0.717) is 18.4 Å². The Kier molecular flexibility index (Phi) is 3.57. The smallest absolute Gasteiger partial charge is 0.148 e. The summed E-state index contributed by atoms with van der Waals surface area (Å²) in [6.45, 7) is 8.27. The average Bonchev–Trinajstić information content (AvgIpc) is 3.08. The molecule has 0 unspecified atom stereocenters. The summed E-state index contributed by atoms with van der Waals surface area (Å²) < 4.78 is 0. The molecule has 1 heterocycles. The normalized spacial score (nSPS) is 16.1. The fraction of sp³-hybridized carbons (Fsp3) is 0.714. The summed E-state index contributed by atoms with van der Waals surface area (Å²) in [6.07, 6.45) is 4.35. The molecule has 1 aromatic rings. The summed E-state index contributed by atoms with van der Waals surface area (Å²) in [5.74, 6) is 1.76. The van der Waals surface area contributed by atoms with Crippen LogP contribution in [0.2, 0.25) is 0 Å². The molecule has 0 atom stereocenters. The number of anilines is 1. The van der Waals surface area contributed by atoms with E-state index < -0.39 is 5.60 Å². The average molecular weight is 249 g/mol. The Morgan fingerprint density at radius 2 is 2.11 bits per heavy atom. The van der Waals surface area contributed by atoms with E-state index in [1.54, 1.807) is 13.8 Å². The maximum atomic E-state index is 9.79. The van der Waals surface area contributed by atoms with Gasteiger partial charge in [0.15, 0.2) is 0 Å². The van der Waals surface area contributed by atoms with Gasteiger partial charge in [-0.25, -0.2) is 4.98 Å². The van der Waals surface area contributed by atoms with Crippen LogP contribution in [-0.4, -0.2) is 27.2 Å². The van der Waals surface area contributed by atoms with Crippen molar-refractivity contribution in [1.29, 1.82) is 0 Å². The Morgan fingerprint density at radius 1 is 1.44 bits per heavy atom. The molecule has 1 aliphatic carbocycles. The van der Waals surface area contributed by atoms with Crippen LogP contribution < -0.4 is 5.32 Å². The number of nitrogens with zero attached hydrogens (tertiary/aromatic N) is 2. The molecule has 0 radical (unpaired) electrons. The maximum absolute atomic E-state index is 9.79. The van der Waals surface area contributed by atoms with Gasteiger partial charge >= 0.3 is 0 Å². The molecule has 4 heteroatoms. The molecule has 2 rings (SSSR count). The highest BCUT2D eigenvalue weighted by Gasteiger charge is 2.26. The number of aromatic nitrogens is 2. The molecular formula is C14H23N3O. The Morgan fingerprint density at radius 3 is 2.61 bits per heavy atom. The van der Waals surface area contributed by atoms with Crippen molar-refractivity contribution in [3.8, 4) is 0 Å². The molecular weight excluding hydrogens is 226 g/mol. The van der Waals surface area contributed by atoms with Crippen LogP contribution in [0, 0.1) is 0 Å². The first-order chi connectivity index (χ1) is 8.37. The number of hydrogen-bond acceptors (Lipinski definition) is 4. The zero-order valence-corrected chi connectivity index (χ0v) is 11.7. The third-order valence-corrected chi connectivity index (χ3v) is 3.05. The van der Waals surface area contributed by atoms with Crippen molar-refractivity contribution in [2.45, 2.75) is 58.0 Å². The lowest BCUT2D eigenvalue weighted by atomic mass is 10.1. The number of rotatable bonds is 5. The minimum Gasteiger partial charge on any atom is -0.389 e. The molecule has 4 nitrogen and oxygen atoms in total. The summed E-state index contributed by atoms with van der Waals surface area (Å²) >= 11 is 0. The third-order valence-electron chi connectivity index (χ3n) is 3.05. The highest BCUT2D eigenvalue weighted by Crippen LogP contribution is 2.39. The zero-order chi connectivity index (χ0) is 13.3. The van der Waals surface area contributed by atoms with E-state index in [4.69, 9.17) is 0 Å². The molecule has 0 aliphatic heterocycles. The van der Waals surface area contributed by atoms with Crippen LogP contribution in [0.3, 0.4) is 0 Å². The van der Waals surface area contributed by atoms with E-state index in [-0.39, 0.29) is 0 Å². The van der Waals surface area contributed by atoms with E-state index in [0.717, 1.165) is 17.2 Å². The quantitative estimate of drug-likeness (QED) is 0.842. The van der Waals surface area contributed by atoms with Gasteiger partial charge in [-0.15, -0.1) is 0 Å². The highest BCUT2D eigenvalue weighted by atomic mass is 16.3. The zero-order valence-electron chi connectivity index (χ0n) is 11.7. The predicted molar refractivity (Wildman–Crippen MR) is 72.9 cm³/mol. The second-order valence-electron chi connectivity index (χ2n) is 6.12. The number of aliphatic hydroxyl groups is 1. The third kappa shape index (κ3) is 3.42. The molecule has 1 fully saturated rings. The van der Waals surface area contributed by atoms with Gasteiger partial charge in [0.2, 0.25) is 0 Å². The largest absolute Gasteiger partial charge is 0.389 e. The van der Waals surface area contributed by atoms with Gasteiger partial charge in [-0.2, -0.15) is 0 Å². The minimum atomic E-state index is -0.745. The van der Waals surface area contributed by atoms with Crippen LogP contribution in [0.25, 0.3) is 0 Å². The molecule has 2 N–H and O–H groups in total. The van der Waals surface area contributed by atoms with Crippen molar-refractivity contribution < 1.29 is 5.11 Å². The van der Waals surface area contributed by atoms with Gasteiger partial charge in [0, 0.05) is 18.7 Å². The number of hydrogen-bond donors (Lipinski definition) is 2. The maximum Gasteiger partial charge on any atom is 0.148 e. The summed E-state index contributed by atoms with van der Waals surface area (Å²) in [7, 11) is 0. The van der Waals surface area contributed by atoms with Gasteiger partial charge in [-0.3, -0.25) is 4.98 Å². The lowest BCUT2D eigenvalue weighted by Crippen LogP contribution is -2.30. The molecule has 0 aromatic carbocycles. The van der Waals surface area contributed by atoms with Gasteiger partial charge in [-0.05, 0) is 32.6 Å².